The molecule has 0 amide bonds. The SMILES string of the molecule is CCC1CC(N(Cc2cc(O)cc(C(F)(F)F)c2)c2ncccn2)CC(CC)N1C. The van der Waals surface area contributed by atoms with Crippen LogP contribution >= 0.6 is 0 Å². The van der Waals surface area contributed by atoms with E-state index in [1.54, 1.807) is 18.5 Å². The molecule has 1 N–H and O–H groups in total. The van der Waals surface area contributed by atoms with Crippen molar-refractivity contribution in [3.05, 3.63) is 47.8 Å². The molecule has 8 heteroatoms. The van der Waals surface area contributed by atoms with Crippen LogP contribution in [0.4, 0.5) is 19.1 Å². The van der Waals surface area contributed by atoms with Gasteiger partial charge in [-0.05, 0) is 62.6 Å². The average molecular weight is 422 g/mol. The van der Waals surface area contributed by atoms with E-state index in [4.69, 9.17) is 0 Å². The fourth-order valence-electron chi connectivity index (χ4n) is 4.45. The predicted molar refractivity (Wildman–Crippen MR) is 110 cm³/mol. The Bertz CT molecular complexity index is 817. The van der Waals surface area contributed by atoms with Crippen molar-refractivity contribution in [1.82, 2.24) is 14.9 Å². The van der Waals surface area contributed by atoms with E-state index in [1.807, 2.05) is 4.90 Å². The maximum absolute atomic E-state index is 13.2. The zero-order valence-corrected chi connectivity index (χ0v) is 17.6. The summed E-state index contributed by atoms with van der Waals surface area (Å²) >= 11 is 0. The number of hydrogen-bond donors (Lipinski definition) is 1. The highest BCUT2D eigenvalue weighted by molar-refractivity contribution is 5.39. The van der Waals surface area contributed by atoms with Gasteiger partial charge in [-0.1, -0.05) is 13.8 Å². The van der Waals surface area contributed by atoms with Crippen LogP contribution in [0, 0.1) is 0 Å². The maximum Gasteiger partial charge on any atom is 0.416 e. The number of alkyl halides is 3. The van der Waals surface area contributed by atoms with Crippen LogP contribution < -0.4 is 4.90 Å². The number of likely N-dealkylation sites (tertiary alicyclic amines) is 1. The molecule has 1 saturated heterocycles. The quantitative estimate of drug-likeness (QED) is 0.721. The fourth-order valence-corrected chi connectivity index (χ4v) is 4.45. The first kappa shape index (κ1) is 22.3. The van der Waals surface area contributed by atoms with Crippen LogP contribution in [0.25, 0.3) is 0 Å². The highest BCUT2D eigenvalue weighted by Gasteiger charge is 2.36. The van der Waals surface area contributed by atoms with Crippen molar-refractivity contribution in [3.63, 3.8) is 0 Å². The number of hydrogen-bond acceptors (Lipinski definition) is 5. The Hall–Kier alpha value is -2.35. The lowest BCUT2D eigenvalue weighted by atomic mass is 9.88. The van der Waals surface area contributed by atoms with Crippen molar-refractivity contribution in [2.75, 3.05) is 11.9 Å². The van der Waals surface area contributed by atoms with E-state index in [0.717, 1.165) is 37.8 Å². The Balaban J connectivity index is 1.96. The molecule has 1 aromatic heterocycles. The molecule has 3 rings (SSSR count). The van der Waals surface area contributed by atoms with Gasteiger partial charge in [-0.2, -0.15) is 13.2 Å². The minimum Gasteiger partial charge on any atom is -0.508 e. The van der Waals surface area contributed by atoms with Gasteiger partial charge in [0.25, 0.3) is 0 Å². The topological polar surface area (TPSA) is 52.5 Å². The van der Waals surface area contributed by atoms with Gasteiger partial charge in [0.05, 0.1) is 5.56 Å². The molecule has 1 aromatic carbocycles. The van der Waals surface area contributed by atoms with Crippen LogP contribution in [0.3, 0.4) is 0 Å². The molecule has 164 valence electrons. The van der Waals surface area contributed by atoms with Gasteiger partial charge in [0, 0.05) is 37.1 Å². The number of phenolic OH excluding ortho intramolecular Hbond substituents is 1. The monoisotopic (exact) mass is 422 g/mol. The molecule has 1 aliphatic heterocycles. The first-order chi connectivity index (χ1) is 14.2. The van der Waals surface area contributed by atoms with Crippen LogP contribution in [-0.2, 0) is 12.7 Å². The zero-order valence-electron chi connectivity index (χ0n) is 17.6. The van der Waals surface area contributed by atoms with Gasteiger partial charge in [-0.25, -0.2) is 9.97 Å². The number of piperidine rings is 1. The van der Waals surface area contributed by atoms with Crippen LogP contribution in [0.5, 0.6) is 5.75 Å². The van der Waals surface area contributed by atoms with Crippen molar-refractivity contribution in [2.24, 2.45) is 0 Å². The van der Waals surface area contributed by atoms with Gasteiger partial charge in [0.2, 0.25) is 5.95 Å². The van der Waals surface area contributed by atoms with Gasteiger partial charge in [-0.3, -0.25) is 0 Å². The van der Waals surface area contributed by atoms with Crippen LogP contribution in [0.2, 0.25) is 0 Å². The van der Waals surface area contributed by atoms with E-state index in [1.165, 1.54) is 6.07 Å². The smallest absolute Gasteiger partial charge is 0.416 e. The number of aromatic nitrogens is 2. The van der Waals surface area contributed by atoms with E-state index < -0.39 is 17.5 Å². The van der Waals surface area contributed by atoms with E-state index in [-0.39, 0.29) is 12.6 Å². The number of anilines is 1. The predicted octanol–water partition coefficient (Wildman–Crippen LogP) is 4.86. The summed E-state index contributed by atoms with van der Waals surface area (Å²) in [5.41, 5.74) is -0.470. The Kier molecular flexibility index (Phi) is 6.85. The van der Waals surface area contributed by atoms with Crippen molar-refractivity contribution in [2.45, 2.75) is 70.4 Å². The van der Waals surface area contributed by atoms with E-state index in [9.17, 15) is 18.3 Å². The second-order valence-electron chi connectivity index (χ2n) is 7.98. The summed E-state index contributed by atoms with van der Waals surface area (Å²) in [4.78, 5) is 13.2. The van der Waals surface area contributed by atoms with E-state index in [0.29, 0.717) is 23.6 Å². The van der Waals surface area contributed by atoms with Gasteiger partial charge in [0.1, 0.15) is 5.75 Å². The molecule has 5 nitrogen and oxygen atoms in total. The van der Waals surface area contributed by atoms with Crippen molar-refractivity contribution >= 4 is 5.95 Å². The lowest BCUT2D eigenvalue weighted by Crippen LogP contribution is -2.53. The van der Waals surface area contributed by atoms with E-state index in [2.05, 4.69) is 35.8 Å². The standard InChI is InChI=1S/C22H29F3N4O/c1-4-17-12-19(13-18(5-2)28(17)3)29(21-26-7-6-8-27-21)14-15-9-16(22(23,24)25)11-20(30)10-15/h6-11,17-19,30H,4-5,12-14H2,1-3H3. The largest absolute Gasteiger partial charge is 0.508 e. The summed E-state index contributed by atoms with van der Waals surface area (Å²) < 4.78 is 39.7. The number of nitrogens with zero attached hydrogens (tertiary/aromatic N) is 4. The third-order valence-corrected chi connectivity index (χ3v) is 6.09. The molecule has 0 spiro atoms. The fraction of sp³-hybridized carbons (Fsp3) is 0.545. The Labute approximate surface area is 175 Å². The van der Waals surface area contributed by atoms with Gasteiger partial charge < -0.3 is 14.9 Å². The lowest BCUT2D eigenvalue weighted by molar-refractivity contribution is -0.137. The first-order valence-electron chi connectivity index (χ1n) is 10.4. The van der Waals surface area contributed by atoms with Crippen molar-refractivity contribution < 1.29 is 18.3 Å². The molecule has 0 radical (unpaired) electrons. The Morgan fingerprint density at radius 2 is 1.67 bits per heavy atom. The van der Waals surface area contributed by atoms with Crippen LogP contribution in [0.1, 0.15) is 50.7 Å². The van der Waals surface area contributed by atoms with Gasteiger partial charge in [0.15, 0.2) is 0 Å². The molecule has 0 saturated carbocycles. The summed E-state index contributed by atoms with van der Waals surface area (Å²) in [6, 6.07) is 5.81. The molecule has 2 aromatic rings. The van der Waals surface area contributed by atoms with E-state index >= 15 is 0 Å². The normalized spacial score (nSPS) is 22.8. The highest BCUT2D eigenvalue weighted by atomic mass is 19.4. The summed E-state index contributed by atoms with van der Waals surface area (Å²) in [5.74, 6) is 0.101. The van der Waals surface area contributed by atoms with Crippen LogP contribution in [0.15, 0.2) is 36.7 Å². The lowest BCUT2D eigenvalue weighted by Gasteiger charge is -2.46. The highest BCUT2D eigenvalue weighted by Crippen LogP contribution is 2.35. The molecule has 30 heavy (non-hydrogen) atoms. The zero-order chi connectivity index (χ0) is 21.9. The third-order valence-electron chi connectivity index (χ3n) is 6.09. The minimum atomic E-state index is -4.52. The minimum absolute atomic E-state index is 0.0928. The second kappa shape index (κ2) is 9.20. The number of rotatable bonds is 6. The number of benzene rings is 1. The summed E-state index contributed by atoms with van der Waals surface area (Å²) in [7, 11) is 2.15. The molecule has 2 unspecified atom stereocenters. The molecule has 2 atom stereocenters. The average Bonchev–Trinajstić information content (AvgIpc) is 2.72. The molecular formula is C22H29F3N4O. The molecule has 0 aliphatic carbocycles. The first-order valence-corrected chi connectivity index (χ1v) is 10.4. The van der Waals surface area contributed by atoms with Gasteiger partial charge in [-0.15, -0.1) is 0 Å². The van der Waals surface area contributed by atoms with Crippen LogP contribution in [-0.4, -0.2) is 45.1 Å². The van der Waals surface area contributed by atoms with Gasteiger partial charge >= 0.3 is 6.18 Å². The summed E-state index contributed by atoms with van der Waals surface area (Å²) in [5, 5.41) is 9.89. The molecule has 1 fully saturated rings. The summed E-state index contributed by atoms with van der Waals surface area (Å²) in [6.07, 6.45) is 2.52. The molecule has 2 heterocycles. The third kappa shape index (κ3) is 5.03. The molecule has 0 bridgehead atoms. The Morgan fingerprint density at radius 3 is 2.20 bits per heavy atom. The molecular weight excluding hydrogens is 393 g/mol. The maximum atomic E-state index is 13.2. The molecule has 1 aliphatic rings. The summed E-state index contributed by atoms with van der Waals surface area (Å²) in [6.45, 7) is 4.51. The van der Waals surface area contributed by atoms with Crippen molar-refractivity contribution in [3.8, 4) is 5.75 Å². The second-order valence-corrected chi connectivity index (χ2v) is 7.98. The number of halogens is 3. The van der Waals surface area contributed by atoms with Crippen molar-refractivity contribution in [1.29, 1.82) is 0 Å². The number of aromatic hydroxyl groups is 1. The number of phenols is 1. The Morgan fingerprint density at radius 1 is 1.07 bits per heavy atom.